The van der Waals surface area contributed by atoms with Crippen molar-refractivity contribution in [2.45, 2.75) is 71.4 Å². The average molecular weight is 360 g/mol. The summed E-state index contributed by atoms with van der Waals surface area (Å²) in [6, 6.07) is 0. The zero-order valence-corrected chi connectivity index (χ0v) is 16.5. The quantitative estimate of drug-likeness (QED) is 0.402. The van der Waals surface area contributed by atoms with Gasteiger partial charge in [-0.3, -0.25) is 0 Å². The molecule has 2 aliphatic rings. The van der Waals surface area contributed by atoms with Crippen LogP contribution < -0.4 is 0 Å². The first-order valence-corrected chi connectivity index (χ1v) is 9.53. The van der Waals surface area contributed by atoms with E-state index in [0.29, 0.717) is 11.8 Å². The predicted molar refractivity (Wildman–Crippen MR) is 104 cm³/mol. The average Bonchev–Trinajstić information content (AvgIpc) is 3.29. The van der Waals surface area contributed by atoms with Gasteiger partial charge in [0.25, 0.3) is 0 Å². The normalized spacial score (nSPS) is 34.3. The first-order valence-electron chi connectivity index (χ1n) is 9.53. The van der Waals surface area contributed by atoms with E-state index in [4.69, 9.17) is 9.47 Å². The van der Waals surface area contributed by atoms with Crippen molar-refractivity contribution >= 4 is 5.97 Å². The molecule has 0 aliphatic carbocycles. The van der Waals surface area contributed by atoms with Crippen molar-refractivity contribution in [2.24, 2.45) is 11.8 Å². The highest BCUT2D eigenvalue weighted by atomic mass is 16.7. The topological polar surface area (TPSA) is 59.1 Å². The van der Waals surface area contributed by atoms with E-state index in [0.717, 1.165) is 12.8 Å². The van der Waals surface area contributed by atoms with Gasteiger partial charge in [0, 0.05) is 0 Å². The molecule has 4 heteroatoms. The minimum Gasteiger partial charge on any atom is -0.453 e. The molecule has 26 heavy (non-hydrogen) atoms. The molecule has 0 saturated carbocycles. The molecular formula is C22H32O4. The van der Waals surface area contributed by atoms with Gasteiger partial charge in [-0.1, -0.05) is 69.2 Å². The lowest BCUT2D eigenvalue weighted by atomic mass is 9.94. The zero-order chi connectivity index (χ0) is 19.3. The molecule has 4 nitrogen and oxygen atoms in total. The van der Waals surface area contributed by atoms with E-state index in [2.05, 4.69) is 52.0 Å². The Morgan fingerprint density at radius 1 is 1.23 bits per heavy atom. The van der Waals surface area contributed by atoms with E-state index < -0.39 is 29.9 Å². The summed E-state index contributed by atoms with van der Waals surface area (Å²) in [5.74, 6) is 0.431. The molecule has 0 aromatic heterocycles. The summed E-state index contributed by atoms with van der Waals surface area (Å²) in [6.45, 7) is 10.6. The van der Waals surface area contributed by atoms with E-state index in [9.17, 15) is 9.90 Å². The number of allylic oxidation sites excluding steroid dienone is 7. The van der Waals surface area contributed by atoms with Crippen LogP contribution in [0, 0.1) is 11.8 Å². The number of aliphatic hydroxyl groups excluding tert-OH is 1. The van der Waals surface area contributed by atoms with Crippen LogP contribution in [0.25, 0.3) is 0 Å². The summed E-state index contributed by atoms with van der Waals surface area (Å²) in [5.41, 5.74) is 0.757. The van der Waals surface area contributed by atoms with Crippen LogP contribution in [-0.4, -0.2) is 35.0 Å². The number of carbonyl (C=O) groups excluding carboxylic acids is 1. The molecule has 2 heterocycles. The van der Waals surface area contributed by atoms with Crippen molar-refractivity contribution in [3.8, 4) is 0 Å². The van der Waals surface area contributed by atoms with Gasteiger partial charge in [-0.2, -0.15) is 0 Å². The van der Waals surface area contributed by atoms with Crippen LogP contribution in [0.5, 0.6) is 0 Å². The molecule has 0 spiro atoms. The molecule has 2 fully saturated rings. The number of epoxide rings is 1. The number of esters is 1. The van der Waals surface area contributed by atoms with Gasteiger partial charge in [0.2, 0.25) is 0 Å². The smallest absolute Gasteiger partial charge is 0.338 e. The van der Waals surface area contributed by atoms with E-state index in [1.54, 1.807) is 0 Å². The Morgan fingerprint density at radius 3 is 2.62 bits per heavy atom. The Hall–Kier alpha value is -1.65. The zero-order valence-electron chi connectivity index (χ0n) is 16.5. The third-order valence-electron chi connectivity index (χ3n) is 5.17. The maximum Gasteiger partial charge on any atom is 0.338 e. The standard InChI is InChI=1S/C22H32O4/c1-6-15(2)11-9-12-17(4)14-16(3)10-7-8-13-18-22(5)20(26-22)19(23)21(24)25-18/h7-13,15-16,18-20,23H,6,14H2,1-5H3/b10-7+,11-9+,13-8+,17-12+/t15-,16-,18+,19+,20-,22+/m0/s1. The van der Waals surface area contributed by atoms with Gasteiger partial charge < -0.3 is 14.6 Å². The number of cyclic esters (lactones) is 1. The lowest BCUT2D eigenvalue weighted by molar-refractivity contribution is -0.162. The molecule has 0 amide bonds. The SMILES string of the molecule is CC[C@H](C)/C=C/C=C(\C)C[C@@H](C)/C=C/C=C/[C@H]1OC(=O)[C@H](O)[C@@H]2O[C@]12C. The number of rotatable bonds is 8. The van der Waals surface area contributed by atoms with Crippen molar-refractivity contribution in [2.75, 3.05) is 0 Å². The second kappa shape index (κ2) is 8.83. The largest absolute Gasteiger partial charge is 0.453 e. The van der Waals surface area contributed by atoms with Gasteiger partial charge in [0.15, 0.2) is 12.2 Å². The van der Waals surface area contributed by atoms with Crippen LogP contribution in [0.15, 0.2) is 48.1 Å². The fourth-order valence-electron chi connectivity index (χ4n) is 3.12. The summed E-state index contributed by atoms with van der Waals surface area (Å²) in [6.07, 6.45) is 14.5. The second-order valence-electron chi connectivity index (χ2n) is 7.76. The molecule has 1 N–H and O–H groups in total. The fourth-order valence-corrected chi connectivity index (χ4v) is 3.12. The molecule has 0 radical (unpaired) electrons. The van der Waals surface area contributed by atoms with Gasteiger partial charge in [-0.15, -0.1) is 0 Å². The highest BCUT2D eigenvalue weighted by Crippen LogP contribution is 2.46. The number of hydrogen-bond acceptors (Lipinski definition) is 4. The van der Waals surface area contributed by atoms with Crippen LogP contribution >= 0.6 is 0 Å². The van der Waals surface area contributed by atoms with Crippen molar-refractivity contribution in [3.05, 3.63) is 48.1 Å². The molecule has 0 unspecified atom stereocenters. The van der Waals surface area contributed by atoms with Crippen molar-refractivity contribution < 1.29 is 19.4 Å². The van der Waals surface area contributed by atoms with Gasteiger partial charge in [-0.25, -0.2) is 4.79 Å². The predicted octanol–water partition coefficient (Wildman–Crippen LogP) is 4.12. The third kappa shape index (κ3) is 5.18. The summed E-state index contributed by atoms with van der Waals surface area (Å²) >= 11 is 0. The van der Waals surface area contributed by atoms with Crippen LogP contribution in [0.3, 0.4) is 0 Å². The number of fused-ring (bicyclic) bond motifs is 1. The van der Waals surface area contributed by atoms with Gasteiger partial charge in [-0.05, 0) is 38.2 Å². The number of ether oxygens (including phenoxy) is 2. The van der Waals surface area contributed by atoms with Crippen LogP contribution in [0.1, 0.15) is 47.5 Å². The lowest BCUT2D eigenvalue weighted by Gasteiger charge is -2.24. The first-order chi connectivity index (χ1) is 12.3. The molecule has 0 bridgehead atoms. The number of hydrogen-bond donors (Lipinski definition) is 1. The summed E-state index contributed by atoms with van der Waals surface area (Å²) in [4.78, 5) is 11.6. The van der Waals surface area contributed by atoms with E-state index in [1.165, 1.54) is 5.57 Å². The van der Waals surface area contributed by atoms with Crippen molar-refractivity contribution in [1.29, 1.82) is 0 Å². The Kier molecular flexibility index (Phi) is 7.01. The Bertz CT molecular complexity index is 616. The van der Waals surface area contributed by atoms with Crippen molar-refractivity contribution in [1.82, 2.24) is 0 Å². The van der Waals surface area contributed by atoms with E-state index >= 15 is 0 Å². The molecule has 0 aromatic carbocycles. The first kappa shape index (κ1) is 20.7. The summed E-state index contributed by atoms with van der Waals surface area (Å²) < 4.78 is 10.7. The molecule has 2 rings (SSSR count). The van der Waals surface area contributed by atoms with Gasteiger partial charge in [0.1, 0.15) is 11.7 Å². The minimum atomic E-state index is -1.16. The molecule has 6 atom stereocenters. The fraction of sp³-hybridized carbons (Fsp3) is 0.591. The van der Waals surface area contributed by atoms with Gasteiger partial charge >= 0.3 is 5.97 Å². The highest BCUT2D eigenvalue weighted by Gasteiger charge is 2.67. The van der Waals surface area contributed by atoms with E-state index in [-0.39, 0.29) is 0 Å². The highest BCUT2D eigenvalue weighted by molar-refractivity contribution is 5.78. The summed E-state index contributed by atoms with van der Waals surface area (Å²) in [7, 11) is 0. The van der Waals surface area contributed by atoms with Gasteiger partial charge in [0.05, 0.1) is 0 Å². The van der Waals surface area contributed by atoms with E-state index in [1.807, 2.05) is 25.2 Å². The second-order valence-corrected chi connectivity index (χ2v) is 7.76. The molecule has 2 saturated heterocycles. The van der Waals surface area contributed by atoms with Crippen LogP contribution in [-0.2, 0) is 14.3 Å². The maximum atomic E-state index is 11.6. The Balaban J connectivity index is 1.81. The molecular weight excluding hydrogens is 328 g/mol. The molecule has 2 aliphatic heterocycles. The lowest BCUT2D eigenvalue weighted by Crippen LogP contribution is -2.46. The van der Waals surface area contributed by atoms with Crippen molar-refractivity contribution in [3.63, 3.8) is 0 Å². The molecule has 144 valence electrons. The number of aliphatic hydroxyl groups is 1. The number of carbonyl (C=O) groups is 1. The maximum absolute atomic E-state index is 11.6. The minimum absolute atomic E-state index is 0.420. The third-order valence-corrected chi connectivity index (χ3v) is 5.17. The molecule has 0 aromatic rings. The Labute approximate surface area is 157 Å². The van der Waals surface area contributed by atoms with Crippen LogP contribution in [0.4, 0.5) is 0 Å². The van der Waals surface area contributed by atoms with Crippen LogP contribution in [0.2, 0.25) is 0 Å². The Morgan fingerprint density at radius 2 is 1.92 bits per heavy atom. The monoisotopic (exact) mass is 360 g/mol. The summed E-state index contributed by atoms with van der Waals surface area (Å²) in [5, 5.41) is 9.66.